The molecule has 0 spiro atoms. The van der Waals surface area contributed by atoms with Crippen LogP contribution < -0.4 is 0 Å². The van der Waals surface area contributed by atoms with Crippen LogP contribution in [0.4, 0.5) is 0 Å². The molecule has 0 fully saturated rings. The van der Waals surface area contributed by atoms with E-state index in [0.29, 0.717) is 0 Å². The zero-order valence-electron chi connectivity index (χ0n) is 10.7. The average molecular weight is 243 g/mol. The van der Waals surface area contributed by atoms with Gasteiger partial charge in [0.25, 0.3) is 0 Å². The highest BCUT2D eigenvalue weighted by atomic mass is 16.3. The van der Waals surface area contributed by atoms with Gasteiger partial charge >= 0.3 is 0 Å². The van der Waals surface area contributed by atoms with Crippen LogP contribution >= 0.6 is 0 Å². The molecule has 0 aliphatic heterocycles. The first-order chi connectivity index (χ1) is 8.65. The largest absolute Gasteiger partial charge is 0.392 e. The van der Waals surface area contributed by atoms with E-state index in [2.05, 4.69) is 11.5 Å². The minimum absolute atomic E-state index is 0.0494. The lowest BCUT2D eigenvalue weighted by atomic mass is 10.1. The van der Waals surface area contributed by atoms with Crippen LogP contribution in [-0.2, 0) is 13.2 Å². The Morgan fingerprint density at radius 1 is 1.28 bits per heavy atom. The summed E-state index contributed by atoms with van der Waals surface area (Å²) in [5, 5.41) is 9.03. The number of aryl methyl sites for hydroxylation is 1. The minimum Gasteiger partial charge on any atom is -0.392 e. The number of hydrogen-bond acceptors (Lipinski definition) is 2. The number of aliphatic hydroxyl groups is 1. The quantitative estimate of drug-likeness (QED) is 0.839. The molecular weight excluding hydrogens is 226 g/mol. The lowest BCUT2D eigenvalue weighted by Gasteiger charge is -2.06. The Morgan fingerprint density at radius 2 is 1.94 bits per heavy atom. The molecule has 3 heteroatoms. The van der Waals surface area contributed by atoms with Gasteiger partial charge in [-0.05, 0) is 31.0 Å². The fourth-order valence-corrected chi connectivity index (χ4v) is 1.99. The summed E-state index contributed by atoms with van der Waals surface area (Å²) < 4.78 is 2.06. The molecule has 0 atom stereocenters. The summed E-state index contributed by atoms with van der Waals surface area (Å²) in [4.78, 5) is 11.4. The molecule has 0 radical (unpaired) electrons. The van der Waals surface area contributed by atoms with Crippen molar-refractivity contribution in [2.75, 3.05) is 0 Å². The number of aliphatic hydroxyl groups excluding tert-OH is 1. The molecule has 1 aromatic carbocycles. The number of carbonyl (C=O) groups is 1. The molecule has 0 bridgehead atoms. The minimum atomic E-state index is 0.0494. The first-order valence-electron chi connectivity index (χ1n) is 6.07. The predicted molar refractivity (Wildman–Crippen MR) is 71.5 cm³/mol. The van der Waals surface area contributed by atoms with Crippen LogP contribution in [0.15, 0.2) is 36.5 Å². The normalized spacial score (nSPS) is 10.6. The fourth-order valence-electron chi connectivity index (χ4n) is 1.99. The highest BCUT2D eigenvalue weighted by Crippen LogP contribution is 2.23. The number of hydrogen-bond donors (Lipinski definition) is 1. The summed E-state index contributed by atoms with van der Waals surface area (Å²) in [6, 6.07) is 9.65. The van der Waals surface area contributed by atoms with E-state index in [9.17, 15) is 4.79 Å². The van der Waals surface area contributed by atoms with Crippen LogP contribution in [-0.4, -0.2) is 15.5 Å². The molecule has 0 saturated heterocycles. The van der Waals surface area contributed by atoms with Crippen molar-refractivity contribution in [3.63, 3.8) is 0 Å². The maximum absolute atomic E-state index is 11.4. The highest BCUT2D eigenvalue weighted by Gasteiger charge is 2.09. The molecule has 0 aliphatic rings. The molecule has 3 nitrogen and oxygen atoms in total. The van der Waals surface area contributed by atoms with E-state index < -0.39 is 0 Å². The lowest BCUT2D eigenvalue weighted by Crippen LogP contribution is -1.95. The molecule has 1 aromatic heterocycles. The number of carbonyl (C=O) groups excluding carboxylic acids is 1. The summed E-state index contributed by atoms with van der Waals surface area (Å²) in [5.74, 6) is 0.0791. The average Bonchev–Trinajstić information content (AvgIpc) is 2.83. The second kappa shape index (κ2) is 5.19. The van der Waals surface area contributed by atoms with E-state index >= 15 is 0 Å². The van der Waals surface area contributed by atoms with Crippen molar-refractivity contribution < 1.29 is 9.90 Å². The van der Waals surface area contributed by atoms with Crippen molar-refractivity contribution in [2.24, 2.45) is 0 Å². The lowest BCUT2D eigenvalue weighted by molar-refractivity contribution is 0.101. The molecule has 2 rings (SSSR count). The Labute approximate surface area is 107 Å². The van der Waals surface area contributed by atoms with Crippen molar-refractivity contribution in [1.29, 1.82) is 0 Å². The number of nitrogens with zero attached hydrogens (tertiary/aromatic N) is 1. The number of rotatable bonds is 4. The molecular formula is C15H17NO2. The number of ketones is 1. The van der Waals surface area contributed by atoms with Crippen LogP contribution in [0.5, 0.6) is 0 Å². The van der Waals surface area contributed by atoms with Gasteiger partial charge in [-0.15, -0.1) is 0 Å². The standard InChI is InChI=1S/C15H17NO2/c1-3-16-9-14(11(2)18)8-15(16)13-6-4-12(10-17)5-7-13/h4-9,17H,3,10H2,1-2H3. The van der Waals surface area contributed by atoms with Crippen LogP contribution in [0, 0.1) is 0 Å². The highest BCUT2D eigenvalue weighted by molar-refractivity contribution is 5.95. The van der Waals surface area contributed by atoms with Crippen LogP contribution in [0.2, 0.25) is 0 Å². The third kappa shape index (κ3) is 2.36. The Balaban J connectivity index is 2.44. The van der Waals surface area contributed by atoms with Gasteiger partial charge in [-0.25, -0.2) is 0 Å². The van der Waals surface area contributed by atoms with Gasteiger partial charge in [-0.2, -0.15) is 0 Å². The molecule has 0 aliphatic carbocycles. The van der Waals surface area contributed by atoms with Gasteiger partial charge in [0.1, 0.15) is 0 Å². The summed E-state index contributed by atoms with van der Waals surface area (Å²) in [7, 11) is 0. The molecule has 94 valence electrons. The number of benzene rings is 1. The summed E-state index contributed by atoms with van der Waals surface area (Å²) in [6.07, 6.45) is 1.89. The third-order valence-corrected chi connectivity index (χ3v) is 3.08. The molecule has 18 heavy (non-hydrogen) atoms. The molecule has 1 heterocycles. The maximum atomic E-state index is 11.4. The Hall–Kier alpha value is -1.87. The van der Waals surface area contributed by atoms with E-state index in [4.69, 9.17) is 5.11 Å². The smallest absolute Gasteiger partial charge is 0.161 e. The third-order valence-electron chi connectivity index (χ3n) is 3.08. The fraction of sp³-hybridized carbons (Fsp3) is 0.267. The summed E-state index contributed by atoms with van der Waals surface area (Å²) >= 11 is 0. The monoisotopic (exact) mass is 243 g/mol. The molecule has 2 aromatic rings. The van der Waals surface area contributed by atoms with Gasteiger partial charge in [0, 0.05) is 24.0 Å². The van der Waals surface area contributed by atoms with Crippen LogP contribution in [0.1, 0.15) is 29.8 Å². The zero-order valence-corrected chi connectivity index (χ0v) is 10.7. The van der Waals surface area contributed by atoms with Crippen molar-refractivity contribution in [3.8, 4) is 11.3 Å². The van der Waals surface area contributed by atoms with E-state index in [1.54, 1.807) is 6.92 Å². The first-order valence-corrected chi connectivity index (χ1v) is 6.07. The van der Waals surface area contributed by atoms with Crippen molar-refractivity contribution in [1.82, 2.24) is 4.57 Å². The van der Waals surface area contributed by atoms with Crippen molar-refractivity contribution >= 4 is 5.78 Å². The van der Waals surface area contributed by atoms with Crippen LogP contribution in [0.25, 0.3) is 11.3 Å². The second-order valence-electron chi connectivity index (χ2n) is 4.31. The van der Waals surface area contributed by atoms with Gasteiger partial charge in [0.2, 0.25) is 0 Å². The van der Waals surface area contributed by atoms with Gasteiger partial charge in [-0.3, -0.25) is 4.79 Å². The second-order valence-corrected chi connectivity index (χ2v) is 4.31. The number of Topliss-reactive ketones (excluding diaryl/α,β-unsaturated/α-hetero) is 1. The summed E-state index contributed by atoms with van der Waals surface area (Å²) in [6.45, 7) is 4.50. The van der Waals surface area contributed by atoms with E-state index in [0.717, 1.165) is 28.9 Å². The molecule has 0 unspecified atom stereocenters. The zero-order chi connectivity index (χ0) is 13.1. The summed E-state index contributed by atoms with van der Waals surface area (Å²) in [5.41, 5.74) is 3.71. The molecule has 1 N–H and O–H groups in total. The number of aromatic nitrogens is 1. The van der Waals surface area contributed by atoms with E-state index in [-0.39, 0.29) is 12.4 Å². The SMILES string of the molecule is CCn1cc(C(C)=O)cc1-c1ccc(CO)cc1. The van der Waals surface area contributed by atoms with Gasteiger partial charge in [0.05, 0.1) is 6.61 Å². The van der Waals surface area contributed by atoms with Gasteiger partial charge in [-0.1, -0.05) is 24.3 Å². The van der Waals surface area contributed by atoms with Gasteiger partial charge < -0.3 is 9.67 Å². The topological polar surface area (TPSA) is 42.2 Å². The van der Waals surface area contributed by atoms with Crippen LogP contribution in [0.3, 0.4) is 0 Å². The predicted octanol–water partition coefficient (Wildman–Crippen LogP) is 2.87. The molecule has 0 amide bonds. The Morgan fingerprint density at radius 3 is 2.44 bits per heavy atom. The first kappa shape index (κ1) is 12.6. The Bertz CT molecular complexity index is 552. The Kier molecular flexibility index (Phi) is 3.63. The van der Waals surface area contributed by atoms with E-state index in [1.165, 1.54) is 0 Å². The maximum Gasteiger partial charge on any atom is 0.161 e. The van der Waals surface area contributed by atoms with E-state index in [1.807, 2.05) is 36.5 Å². The molecule has 0 saturated carbocycles. The van der Waals surface area contributed by atoms with Crippen molar-refractivity contribution in [2.45, 2.75) is 27.0 Å². The van der Waals surface area contributed by atoms with Crippen molar-refractivity contribution in [3.05, 3.63) is 47.7 Å². The van der Waals surface area contributed by atoms with Gasteiger partial charge in [0.15, 0.2) is 5.78 Å².